The summed E-state index contributed by atoms with van der Waals surface area (Å²) < 4.78 is 20.0. The highest BCUT2D eigenvalue weighted by molar-refractivity contribution is 9.10. The van der Waals surface area contributed by atoms with Crippen molar-refractivity contribution in [2.45, 2.75) is 38.8 Å². The van der Waals surface area contributed by atoms with Crippen LogP contribution in [0.1, 0.15) is 27.2 Å². The van der Waals surface area contributed by atoms with Crippen LogP contribution in [-0.2, 0) is 9.53 Å². The molecule has 116 valence electrons. The second kappa shape index (κ2) is 5.66. The first-order valence-electron chi connectivity index (χ1n) is 6.89. The Balaban J connectivity index is 2.14. The van der Waals surface area contributed by atoms with Crippen molar-refractivity contribution in [2.24, 2.45) is 11.1 Å². The largest absolute Gasteiger partial charge is 0.378 e. The Labute approximate surface area is 132 Å². The van der Waals surface area contributed by atoms with E-state index in [0.29, 0.717) is 17.5 Å². The predicted molar refractivity (Wildman–Crippen MR) is 83.5 cm³/mol. The summed E-state index contributed by atoms with van der Waals surface area (Å²) in [6.07, 6.45) is 0.366. The molecule has 4 nitrogen and oxygen atoms in total. The Morgan fingerprint density at radius 3 is 2.76 bits per heavy atom. The molecule has 1 aliphatic carbocycles. The second-order valence-corrected chi connectivity index (χ2v) is 6.84. The fourth-order valence-corrected chi connectivity index (χ4v) is 2.98. The summed E-state index contributed by atoms with van der Waals surface area (Å²) in [7, 11) is 0. The summed E-state index contributed by atoms with van der Waals surface area (Å²) in [5, 5.41) is 2.58. The third kappa shape index (κ3) is 2.72. The van der Waals surface area contributed by atoms with Crippen LogP contribution in [0.2, 0.25) is 0 Å². The molecular formula is C15H20BrFN2O2. The molecule has 0 bridgehead atoms. The number of hydrogen-bond acceptors (Lipinski definition) is 3. The molecule has 0 heterocycles. The van der Waals surface area contributed by atoms with Gasteiger partial charge in [0.15, 0.2) is 0 Å². The van der Waals surface area contributed by atoms with E-state index in [9.17, 15) is 9.18 Å². The zero-order valence-electron chi connectivity index (χ0n) is 12.4. The van der Waals surface area contributed by atoms with Crippen molar-refractivity contribution in [2.75, 3.05) is 11.9 Å². The van der Waals surface area contributed by atoms with Crippen LogP contribution >= 0.6 is 15.9 Å². The number of carbonyl (C=O) groups excluding carboxylic acids is 1. The van der Waals surface area contributed by atoms with Crippen LogP contribution < -0.4 is 11.1 Å². The van der Waals surface area contributed by atoms with Gasteiger partial charge in [0, 0.05) is 22.9 Å². The maximum absolute atomic E-state index is 13.8. The molecule has 21 heavy (non-hydrogen) atoms. The van der Waals surface area contributed by atoms with E-state index >= 15 is 0 Å². The predicted octanol–water partition coefficient (Wildman–Crippen LogP) is 3.06. The smallest absolute Gasteiger partial charge is 0.245 e. The van der Waals surface area contributed by atoms with E-state index < -0.39 is 16.8 Å². The molecule has 1 saturated carbocycles. The van der Waals surface area contributed by atoms with Crippen molar-refractivity contribution in [3.8, 4) is 0 Å². The first-order valence-corrected chi connectivity index (χ1v) is 7.68. The van der Waals surface area contributed by atoms with E-state index in [0.717, 1.165) is 0 Å². The van der Waals surface area contributed by atoms with Crippen LogP contribution in [0, 0.1) is 11.2 Å². The summed E-state index contributed by atoms with van der Waals surface area (Å²) in [4.78, 5) is 12.4. The van der Waals surface area contributed by atoms with E-state index in [4.69, 9.17) is 10.5 Å². The van der Waals surface area contributed by atoms with Crippen molar-refractivity contribution >= 4 is 27.5 Å². The van der Waals surface area contributed by atoms with Gasteiger partial charge in [-0.15, -0.1) is 0 Å². The molecule has 3 N–H and O–H groups in total. The molecule has 2 atom stereocenters. The van der Waals surface area contributed by atoms with Gasteiger partial charge in [0.25, 0.3) is 0 Å². The van der Waals surface area contributed by atoms with Crippen molar-refractivity contribution in [1.82, 2.24) is 0 Å². The Bertz CT molecular complexity index is 565. The minimum Gasteiger partial charge on any atom is -0.378 e. The standard InChI is InChI=1S/C15H20BrFN2O2/c1-4-21-12-8-15(18,14(12,2)3)13(20)19-11-6-5-9(16)7-10(11)17/h5-7,12H,4,8,18H2,1-3H3,(H,19,20). The maximum atomic E-state index is 13.8. The number of anilines is 1. The van der Waals surface area contributed by atoms with E-state index in [1.54, 1.807) is 6.07 Å². The van der Waals surface area contributed by atoms with Crippen LogP contribution in [-0.4, -0.2) is 24.2 Å². The Morgan fingerprint density at radius 2 is 2.24 bits per heavy atom. The molecule has 1 aliphatic rings. The molecule has 1 aromatic carbocycles. The van der Waals surface area contributed by atoms with Gasteiger partial charge < -0.3 is 15.8 Å². The molecule has 0 spiro atoms. The molecular weight excluding hydrogens is 339 g/mol. The lowest BCUT2D eigenvalue weighted by atomic mass is 9.54. The molecule has 0 aliphatic heterocycles. The van der Waals surface area contributed by atoms with Crippen molar-refractivity contribution in [3.63, 3.8) is 0 Å². The zero-order valence-corrected chi connectivity index (χ0v) is 14.0. The number of ether oxygens (including phenoxy) is 1. The van der Waals surface area contributed by atoms with E-state index in [-0.39, 0.29) is 17.7 Å². The molecule has 0 radical (unpaired) electrons. The topological polar surface area (TPSA) is 64.3 Å². The van der Waals surface area contributed by atoms with Crippen LogP contribution in [0.3, 0.4) is 0 Å². The van der Waals surface area contributed by atoms with E-state index in [1.165, 1.54) is 12.1 Å². The van der Waals surface area contributed by atoms with Crippen LogP contribution in [0.5, 0.6) is 0 Å². The third-order valence-electron chi connectivity index (χ3n) is 4.41. The molecule has 1 amide bonds. The number of nitrogens with two attached hydrogens (primary N) is 1. The fourth-order valence-electron chi connectivity index (χ4n) is 2.65. The molecule has 0 saturated heterocycles. The quantitative estimate of drug-likeness (QED) is 0.869. The van der Waals surface area contributed by atoms with E-state index in [2.05, 4.69) is 21.2 Å². The van der Waals surface area contributed by atoms with Gasteiger partial charge in [0.1, 0.15) is 11.4 Å². The minimum atomic E-state index is -1.06. The normalized spacial score (nSPS) is 27.0. The number of amides is 1. The van der Waals surface area contributed by atoms with Gasteiger partial charge in [-0.2, -0.15) is 0 Å². The Hall–Kier alpha value is -0.980. The lowest BCUT2D eigenvalue weighted by molar-refractivity contribution is -0.166. The van der Waals surface area contributed by atoms with Crippen LogP contribution in [0.4, 0.5) is 10.1 Å². The molecule has 6 heteroatoms. The van der Waals surface area contributed by atoms with Crippen molar-refractivity contribution < 1.29 is 13.9 Å². The highest BCUT2D eigenvalue weighted by Gasteiger charge is 2.62. The summed E-state index contributed by atoms with van der Waals surface area (Å²) >= 11 is 3.18. The van der Waals surface area contributed by atoms with Gasteiger partial charge in [-0.1, -0.05) is 29.8 Å². The summed E-state index contributed by atoms with van der Waals surface area (Å²) in [5.74, 6) is -0.885. The Morgan fingerprint density at radius 1 is 1.57 bits per heavy atom. The van der Waals surface area contributed by atoms with Gasteiger partial charge >= 0.3 is 0 Å². The van der Waals surface area contributed by atoms with Crippen LogP contribution in [0.15, 0.2) is 22.7 Å². The molecule has 2 unspecified atom stereocenters. The van der Waals surface area contributed by atoms with Crippen molar-refractivity contribution in [1.29, 1.82) is 0 Å². The lowest BCUT2D eigenvalue weighted by Gasteiger charge is -2.57. The number of benzene rings is 1. The summed E-state index contributed by atoms with van der Waals surface area (Å²) in [6, 6.07) is 4.47. The maximum Gasteiger partial charge on any atom is 0.245 e. The molecule has 0 aromatic heterocycles. The highest BCUT2D eigenvalue weighted by atomic mass is 79.9. The third-order valence-corrected chi connectivity index (χ3v) is 4.91. The Kier molecular flexibility index (Phi) is 4.42. The zero-order chi connectivity index (χ0) is 15.8. The average Bonchev–Trinajstić information content (AvgIpc) is 2.41. The van der Waals surface area contributed by atoms with Gasteiger partial charge in [-0.25, -0.2) is 4.39 Å². The number of nitrogens with one attached hydrogen (secondary N) is 1. The van der Waals surface area contributed by atoms with Crippen molar-refractivity contribution in [3.05, 3.63) is 28.5 Å². The molecule has 2 rings (SSSR count). The van der Waals surface area contributed by atoms with Gasteiger partial charge in [0.2, 0.25) is 5.91 Å². The second-order valence-electron chi connectivity index (χ2n) is 5.92. The SMILES string of the molecule is CCOC1CC(N)(C(=O)Nc2ccc(Br)cc2F)C1(C)C. The molecule has 1 fully saturated rings. The van der Waals surface area contributed by atoms with Gasteiger partial charge in [-0.3, -0.25) is 4.79 Å². The highest BCUT2D eigenvalue weighted by Crippen LogP contribution is 2.50. The monoisotopic (exact) mass is 358 g/mol. The number of rotatable bonds is 4. The van der Waals surface area contributed by atoms with Crippen LogP contribution in [0.25, 0.3) is 0 Å². The number of hydrogen-bond donors (Lipinski definition) is 2. The first-order chi connectivity index (χ1) is 9.72. The summed E-state index contributed by atoms with van der Waals surface area (Å²) in [5.41, 5.74) is 4.81. The lowest BCUT2D eigenvalue weighted by Crippen LogP contribution is -2.74. The van der Waals surface area contributed by atoms with Gasteiger partial charge in [0.05, 0.1) is 11.8 Å². The summed E-state index contributed by atoms with van der Waals surface area (Å²) in [6.45, 7) is 6.28. The number of halogens is 2. The molecule has 1 aromatic rings. The van der Waals surface area contributed by atoms with Gasteiger partial charge in [-0.05, 0) is 25.1 Å². The van der Waals surface area contributed by atoms with E-state index in [1.807, 2.05) is 20.8 Å². The first kappa shape index (κ1) is 16.4. The average molecular weight is 359 g/mol. The minimum absolute atomic E-state index is 0.0620. The number of carbonyl (C=O) groups is 1. The fraction of sp³-hybridized carbons (Fsp3) is 0.533.